The van der Waals surface area contributed by atoms with Crippen molar-refractivity contribution in [1.82, 2.24) is 5.32 Å². The summed E-state index contributed by atoms with van der Waals surface area (Å²) >= 11 is 0. The van der Waals surface area contributed by atoms with Crippen LogP contribution in [0, 0.1) is 5.92 Å². The standard InChI is InChI=1S/C12H11F3N2O2/c13-12(14,15)7-3-1-2-6(4-7)8-5-17-11(19)9(8)10(16)18/h1-4,8-9H,5H2,(H2,16,18)(H,17,19). The molecule has 1 saturated heterocycles. The number of amides is 2. The van der Waals surface area contributed by atoms with Gasteiger partial charge in [-0.05, 0) is 11.6 Å². The molecule has 1 fully saturated rings. The SMILES string of the molecule is NC(=O)C1C(=O)NCC1c1cccc(C(F)(F)F)c1. The Kier molecular flexibility index (Phi) is 3.21. The number of carbonyl (C=O) groups excluding carboxylic acids is 2. The summed E-state index contributed by atoms with van der Waals surface area (Å²) in [5, 5.41) is 2.44. The maximum atomic E-state index is 12.6. The van der Waals surface area contributed by atoms with Crippen molar-refractivity contribution in [2.45, 2.75) is 12.1 Å². The summed E-state index contributed by atoms with van der Waals surface area (Å²) in [7, 11) is 0. The van der Waals surface area contributed by atoms with E-state index in [1.54, 1.807) is 0 Å². The summed E-state index contributed by atoms with van der Waals surface area (Å²) < 4.78 is 37.8. The van der Waals surface area contributed by atoms with Crippen molar-refractivity contribution in [3.63, 3.8) is 0 Å². The minimum absolute atomic E-state index is 0.105. The molecule has 2 rings (SSSR count). The van der Waals surface area contributed by atoms with Crippen LogP contribution in [-0.4, -0.2) is 18.4 Å². The lowest BCUT2D eigenvalue weighted by Gasteiger charge is -2.16. The third kappa shape index (κ3) is 2.54. The van der Waals surface area contributed by atoms with Crippen molar-refractivity contribution in [3.8, 4) is 0 Å². The first-order valence-electron chi connectivity index (χ1n) is 5.55. The Balaban J connectivity index is 2.37. The van der Waals surface area contributed by atoms with Crippen molar-refractivity contribution < 1.29 is 22.8 Å². The fraction of sp³-hybridized carbons (Fsp3) is 0.333. The molecule has 1 aromatic carbocycles. The molecule has 1 heterocycles. The van der Waals surface area contributed by atoms with E-state index in [0.717, 1.165) is 12.1 Å². The zero-order valence-corrected chi connectivity index (χ0v) is 9.70. The lowest BCUT2D eigenvalue weighted by atomic mass is 9.87. The smallest absolute Gasteiger partial charge is 0.369 e. The summed E-state index contributed by atoms with van der Waals surface area (Å²) in [5.41, 5.74) is 4.58. The van der Waals surface area contributed by atoms with E-state index in [2.05, 4.69) is 5.32 Å². The molecule has 19 heavy (non-hydrogen) atoms. The van der Waals surface area contributed by atoms with Crippen LogP contribution in [0.5, 0.6) is 0 Å². The number of nitrogens with two attached hydrogens (primary N) is 1. The summed E-state index contributed by atoms with van der Waals surface area (Å²) in [6.07, 6.45) is -4.46. The Morgan fingerprint density at radius 2 is 2.05 bits per heavy atom. The van der Waals surface area contributed by atoms with Crippen molar-refractivity contribution in [1.29, 1.82) is 0 Å². The van der Waals surface area contributed by atoms with Gasteiger partial charge in [0.15, 0.2) is 0 Å². The zero-order valence-electron chi connectivity index (χ0n) is 9.70. The van der Waals surface area contributed by atoms with Gasteiger partial charge in [0.25, 0.3) is 0 Å². The highest BCUT2D eigenvalue weighted by Gasteiger charge is 2.40. The lowest BCUT2D eigenvalue weighted by molar-refractivity contribution is -0.137. The number of carbonyl (C=O) groups is 2. The molecule has 1 aliphatic rings. The minimum Gasteiger partial charge on any atom is -0.369 e. The zero-order chi connectivity index (χ0) is 14.2. The molecule has 0 aromatic heterocycles. The predicted octanol–water partition coefficient (Wildman–Crippen LogP) is 1.02. The van der Waals surface area contributed by atoms with Crippen LogP contribution >= 0.6 is 0 Å². The molecule has 0 radical (unpaired) electrons. The third-order valence-electron chi connectivity index (χ3n) is 3.13. The van der Waals surface area contributed by atoms with E-state index in [1.165, 1.54) is 12.1 Å². The van der Waals surface area contributed by atoms with Crippen LogP contribution in [0.2, 0.25) is 0 Å². The molecule has 0 aliphatic carbocycles. The van der Waals surface area contributed by atoms with Gasteiger partial charge in [-0.2, -0.15) is 13.2 Å². The summed E-state index contributed by atoms with van der Waals surface area (Å²) in [5.74, 6) is -3.16. The van der Waals surface area contributed by atoms with E-state index in [1.807, 2.05) is 0 Å². The van der Waals surface area contributed by atoms with Gasteiger partial charge in [-0.15, -0.1) is 0 Å². The molecular weight excluding hydrogens is 261 g/mol. The molecule has 3 N–H and O–H groups in total. The number of hydrogen-bond acceptors (Lipinski definition) is 2. The largest absolute Gasteiger partial charge is 0.416 e. The Morgan fingerprint density at radius 1 is 1.37 bits per heavy atom. The molecule has 2 atom stereocenters. The fourth-order valence-electron chi connectivity index (χ4n) is 2.20. The second-order valence-electron chi connectivity index (χ2n) is 4.35. The molecule has 7 heteroatoms. The molecule has 1 aromatic rings. The number of halogens is 3. The number of benzene rings is 1. The van der Waals surface area contributed by atoms with Gasteiger partial charge in [-0.25, -0.2) is 0 Å². The van der Waals surface area contributed by atoms with Gasteiger partial charge in [0.1, 0.15) is 5.92 Å². The molecular formula is C12H11F3N2O2. The van der Waals surface area contributed by atoms with Gasteiger partial charge >= 0.3 is 6.18 Å². The van der Waals surface area contributed by atoms with Crippen LogP contribution in [-0.2, 0) is 15.8 Å². The topological polar surface area (TPSA) is 72.2 Å². The maximum absolute atomic E-state index is 12.6. The molecule has 102 valence electrons. The van der Waals surface area contributed by atoms with Crippen LogP contribution in [0.15, 0.2) is 24.3 Å². The molecule has 2 unspecified atom stereocenters. The Hall–Kier alpha value is -2.05. The average Bonchev–Trinajstić information content (AvgIpc) is 2.70. The van der Waals surface area contributed by atoms with Gasteiger partial charge in [0.2, 0.25) is 11.8 Å². The first-order valence-corrected chi connectivity index (χ1v) is 5.55. The average molecular weight is 272 g/mol. The van der Waals surface area contributed by atoms with Gasteiger partial charge in [-0.3, -0.25) is 9.59 Å². The lowest BCUT2D eigenvalue weighted by Crippen LogP contribution is -2.32. The van der Waals surface area contributed by atoms with Crippen molar-refractivity contribution in [2.75, 3.05) is 6.54 Å². The monoisotopic (exact) mass is 272 g/mol. The summed E-state index contributed by atoms with van der Waals surface area (Å²) in [4.78, 5) is 22.7. The Morgan fingerprint density at radius 3 is 2.63 bits per heavy atom. The number of nitrogens with one attached hydrogen (secondary N) is 1. The fourth-order valence-corrected chi connectivity index (χ4v) is 2.20. The Bertz CT molecular complexity index is 528. The van der Waals surface area contributed by atoms with E-state index >= 15 is 0 Å². The second kappa shape index (κ2) is 4.56. The quantitative estimate of drug-likeness (QED) is 0.789. The van der Waals surface area contributed by atoms with Crippen LogP contribution in [0.25, 0.3) is 0 Å². The number of primary amides is 1. The van der Waals surface area contributed by atoms with E-state index in [9.17, 15) is 22.8 Å². The summed E-state index contributed by atoms with van der Waals surface area (Å²) in [6.45, 7) is 0.105. The normalized spacial score (nSPS) is 23.2. The predicted molar refractivity (Wildman–Crippen MR) is 59.9 cm³/mol. The molecule has 0 bridgehead atoms. The first kappa shape index (κ1) is 13.4. The van der Waals surface area contributed by atoms with E-state index in [-0.39, 0.29) is 12.1 Å². The van der Waals surface area contributed by atoms with Crippen molar-refractivity contribution in [2.24, 2.45) is 11.7 Å². The van der Waals surface area contributed by atoms with Gasteiger partial charge in [-0.1, -0.05) is 18.2 Å². The number of hydrogen-bond donors (Lipinski definition) is 2. The molecule has 4 nitrogen and oxygen atoms in total. The van der Waals surface area contributed by atoms with Gasteiger partial charge in [0, 0.05) is 12.5 Å². The first-order chi connectivity index (χ1) is 8.80. The van der Waals surface area contributed by atoms with E-state index in [4.69, 9.17) is 5.73 Å². The van der Waals surface area contributed by atoms with Crippen LogP contribution < -0.4 is 11.1 Å². The highest BCUT2D eigenvalue weighted by atomic mass is 19.4. The number of alkyl halides is 3. The maximum Gasteiger partial charge on any atom is 0.416 e. The highest BCUT2D eigenvalue weighted by Crippen LogP contribution is 2.34. The molecule has 2 amide bonds. The summed E-state index contributed by atoms with van der Waals surface area (Å²) in [6, 6.07) is 4.59. The van der Waals surface area contributed by atoms with Crippen LogP contribution in [0.4, 0.5) is 13.2 Å². The third-order valence-corrected chi connectivity index (χ3v) is 3.13. The number of rotatable bonds is 2. The molecule has 0 spiro atoms. The second-order valence-corrected chi connectivity index (χ2v) is 4.35. The van der Waals surface area contributed by atoms with E-state index < -0.39 is 35.4 Å². The van der Waals surface area contributed by atoms with Crippen LogP contribution in [0.1, 0.15) is 17.0 Å². The van der Waals surface area contributed by atoms with Gasteiger partial charge in [0.05, 0.1) is 5.56 Å². The van der Waals surface area contributed by atoms with Gasteiger partial charge < -0.3 is 11.1 Å². The van der Waals surface area contributed by atoms with Crippen molar-refractivity contribution >= 4 is 11.8 Å². The molecule has 1 aliphatic heterocycles. The van der Waals surface area contributed by atoms with Crippen molar-refractivity contribution in [3.05, 3.63) is 35.4 Å². The highest BCUT2D eigenvalue weighted by molar-refractivity contribution is 6.02. The minimum atomic E-state index is -4.46. The Labute approximate surface area is 106 Å². The van der Waals surface area contributed by atoms with Crippen LogP contribution in [0.3, 0.4) is 0 Å². The van der Waals surface area contributed by atoms with E-state index in [0.29, 0.717) is 0 Å². The molecule has 0 saturated carbocycles.